The molecule has 5 rings (SSSR count). The lowest BCUT2D eigenvalue weighted by atomic mass is 10.1. The van der Waals surface area contributed by atoms with Crippen LogP contribution in [0.4, 0.5) is 17.1 Å². The molecule has 0 aliphatic carbocycles. The van der Waals surface area contributed by atoms with Crippen LogP contribution in [-0.2, 0) is 0 Å². The maximum absolute atomic E-state index is 6.44. The summed E-state index contributed by atoms with van der Waals surface area (Å²) >= 11 is 0. The molecule has 0 N–H and O–H groups in total. The van der Waals surface area contributed by atoms with Gasteiger partial charge in [-0.3, -0.25) is 4.98 Å². The second-order valence-electron chi connectivity index (χ2n) is 7.91. The minimum atomic E-state index is 0.147. The number of furan rings is 1. The molecule has 4 aromatic rings. The van der Waals surface area contributed by atoms with E-state index in [2.05, 4.69) is 66.9 Å². The molecular weight excluding hydrogens is 362 g/mol. The number of hydrogen-bond acceptors (Lipinski definition) is 5. The Kier molecular flexibility index (Phi) is 3.78. The number of aromatic nitrogens is 1. The highest BCUT2D eigenvalue weighted by Crippen LogP contribution is 2.51. The maximum Gasteiger partial charge on any atom is 0.161 e. The molecule has 1 aliphatic heterocycles. The van der Waals surface area contributed by atoms with Gasteiger partial charge in [-0.05, 0) is 63.6 Å². The molecule has 5 nitrogen and oxygen atoms in total. The molecule has 0 amide bonds. The van der Waals surface area contributed by atoms with Crippen molar-refractivity contribution in [3.8, 4) is 5.75 Å². The summed E-state index contributed by atoms with van der Waals surface area (Å²) in [5, 5.41) is 2.23. The van der Waals surface area contributed by atoms with Crippen molar-refractivity contribution in [3.63, 3.8) is 0 Å². The minimum absolute atomic E-state index is 0.147. The van der Waals surface area contributed by atoms with E-state index in [0.717, 1.165) is 56.0 Å². The Morgan fingerprint density at radius 3 is 2.52 bits per heavy atom. The van der Waals surface area contributed by atoms with Gasteiger partial charge >= 0.3 is 0 Å². The van der Waals surface area contributed by atoms with Gasteiger partial charge in [0.15, 0.2) is 11.2 Å². The van der Waals surface area contributed by atoms with E-state index >= 15 is 0 Å². The lowest BCUT2D eigenvalue weighted by Gasteiger charge is -2.29. The summed E-state index contributed by atoms with van der Waals surface area (Å²) in [5.74, 6) is 0.903. The van der Waals surface area contributed by atoms with Crippen molar-refractivity contribution in [2.45, 2.75) is 33.9 Å². The highest BCUT2D eigenvalue weighted by Gasteiger charge is 2.36. The lowest BCUT2D eigenvalue weighted by Crippen LogP contribution is -2.36. The number of anilines is 3. The van der Waals surface area contributed by atoms with Gasteiger partial charge in [0, 0.05) is 29.6 Å². The predicted molar refractivity (Wildman–Crippen MR) is 119 cm³/mol. The largest absolute Gasteiger partial charge is 0.496 e. The van der Waals surface area contributed by atoms with Crippen LogP contribution >= 0.6 is 0 Å². The molecule has 0 radical (unpaired) electrons. The van der Waals surface area contributed by atoms with E-state index in [-0.39, 0.29) is 6.17 Å². The van der Waals surface area contributed by atoms with Gasteiger partial charge in [-0.2, -0.15) is 0 Å². The van der Waals surface area contributed by atoms with Crippen molar-refractivity contribution in [1.29, 1.82) is 0 Å². The van der Waals surface area contributed by atoms with E-state index in [1.54, 1.807) is 7.11 Å². The smallest absolute Gasteiger partial charge is 0.161 e. The number of hydrogen-bond donors (Lipinski definition) is 0. The average molecular weight is 387 g/mol. The molecule has 0 unspecified atom stereocenters. The number of rotatable bonds is 2. The zero-order valence-electron chi connectivity index (χ0n) is 17.7. The number of ether oxygens (including phenoxy) is 1. The average Bonchev–Trinajstić information content (AvgIpc) is 3.21. The summed E-state index contributed by atoms with van der Waals surface area (Å²) in [5.41, 5.74) is 8.37. The Balaban J connectivity index is 1.86. The van der Waals surface area contributed by atoms with Crippen LogP contribution in [-0.4, -0.2) is 25.3 Å². The monoisotopic (exact) mass is 387 g/mol. The molecule has 1 aliphatic rings. The second kappa shape index (κ2) is 6.14. The molecule has 0 saturated carbocycles. The SMILES string of the molecule is COc1cc(C)cc(N2c3c(ccc4c3oc3c(C)nccc34)N(C)[C@@H]2C)c1C. The summed E-state index contributed by atoms with van der Waals surface area (Å²) < 4.78 is 12.1. The van der Waals surface area contributed by atoms with Gasteiger partial charge in [0.25, 0.3) is 0 Å². The van der Waals surface area contributed by atoms with E-state index in [1.165, 1.54) is 5.56 Å². The molecule has 0 saturated heterocycles. The standard InChI is InChI=1S/C24H25N3O2/c1-13-11-20(14(2)21(12-13)28-6)27-16(4)26(5)19-8-7-17-18-9-10-25-15(3)23(18)29-24(17)22(19)27/h7-12,16H,1-6H3/t16-/m0/s1. The summed E-state index contributed by atoms with van der Waals surface area (Å²) in [6.45, 7) is 8.43. The quantitative estimate of drug-likeness (QED) is 0.432. The number of nitrogens with zero attached hydrogens (tertiary/aromatic N) is 3. The third kappa shape index (κ3) is 2.36. The molecule has 2 aromatic heterocycles. The Labute approximate surface area is 170 Å². The minimum Gasteiger partial charge on any atom is -0.496 e. The van der Waals surface area contributed by atoms with Crippen LogP contribution in [0.1, 0.15) is 23.7 Å². The van der Waals surface area contributed by atoms with E-state index in [4.69, 9.17) is 9.15 Å². The lowest BCUT2D eigenvalue weighted by molar-refractivity contribution is 0.411. The predicted octanol–water partition coefficient (Wildman–Crippen LogP) is 5.85. The molecule has 5 heteroatoms. The highest BCUT2D eigenvalue weighted by atomic mass is 16.5. The number of pyridine rings is 1. The van der Waals surface area contributed by atoms with Crippen LogP contribution in [0.5, 0.6) is 5.75 Å². The fourth-order valence-electron chi connectivity index (χ4n) is 4.54. The van der Waals surface area contributed by atoms with E-state index in [9.17, 15) is 0 Å². The molecule has 29 heavy (non-hydrogen) atoms. The van der Waals surface area contributed by atoms with Crippen molar-refractivity contribution in [2.75, 3.05) is 24.0 Å². The first-order valence-corrected chi connectivity index (χ1v) is 9.90. The van der Waals surface area contributed by atoms with Crippen LogP contribution in [0.15, 0.2) is 40.9 Å². The molecule has 0 fully saturated rings. The van der Waals surface area contributed by atoms with Gasteiger partial charge in [0.1, 0.15) is 17.6 Å². The van der Waals surface area contributed by atoms with Crippen LogP contribution in [0.25, 0.3) is 21.9 Å². The van der Waals surface area contributed by atoms with Gasteiger partial charge in [0.2, 0.25) is 0 Å². The van der Waals surface area contributed by atoms with Crippen LogP contribution in [0.3, 0.4) is 0 Å². The van der Waals surface area contributed by atoms with Gasteiger partial charge in [-0.25, -0.2) is 0 Å². The van der Waals surface area contributed by atoms with Crippen LogP contribution < -0.4 is 14.5 Å². The van der Waals surface area contributed by atoms with E-state index in [0.29, 0.717) is 0 Å². The van der Waals surface area contributed by atoms with Gasteiger partial charge in [-0.15, -0.1) is 0 Å². The summed E-state index contributed by atoms with van der Waals surface area (Å²) in [6, 6.07) is 10.7. The molecule has 3 heterocycles. The summed E-state index contributed by atoms with van der Waals surface area (Å²) in [4.78, 5) is 9.08. The molecular formula is C24H25N3O2. The molecule has 0 bridgehead atoms. The van der Waals surface area contributed by atoms with Gasteiger partial charge in [-0.1, -0.05) is 0 Å². The Bertz CT molecular complexity index is 1270. The Morgan fingerprint density at radius 1 is 1.00 bits per heavy atom. The number of fused-ring (bicyclic) bond motifs is 5. The van der Waals surface area contributed by atoms with Crippen molar-refractivity contribution in [3.05, 3.63) is 53.3 Å². The fourth-order valence-corrected chi connectivity index (χ4v) is 4.54. The number of methoxy groups -OCH3 is 1. The number of aryl methyl sites for hydroxylation is 2. The van der Waals surface area contributed by atoms with Crippen molar-refractivity contribution in [2.24, 2.45) is 0 Å². The third-order valence-corrected chi connectivity index (χ3v) is 6.20. The highest BCUT2D eigenvalue weighted by molar-refractivity contribution is 6.13. The third-order valence-electron chi connectivity index (χ3n) is 6.20. The van der Waals surface area contributed by atoms with Crippen molar-refractivity contribution < 1.29 is 9.15 Å². The topological polar surface area (TPSA) is 41.7 Å². The first-order chi connectivity index (χ1) is 13.9. The normalized spacial score (nSPS) is 16.1. The van der Waals surface area contributed by atoms with Crippen molar-refractivity contribution in [1.82, 2.24) is 4.98 Å². The van der Waals surface area contributed by atoms with E-state index in [1.807, 2.05) is 19.2 Å². The zero-order valence-corrected chi connectivity index (χ0v) is 17.7. The Hall–Kier alpha value is -3.21. The zero-order chi connectivity index (χ0) is 20.4. The molecule has 1 atom stereocenters. The molecule has 2 aromatic carbocycles. The Morgan fingerprint density at radius 2 is 1.76 bits per heavy atom. The van der Waals surface area contributed by atoms with E-state index < -0.39 is 0 Å². The first-order valence-electron chi connectivity index (χ1n) is 9.90. The van der Waals surface area contributed by atoms with Crippen LogP contribution in [0.2, 0.25) is 0 Å². The maximum atomic E-state index is 6.44. The molecule has 0 spiro atoms. The van der Waals surface area contributed by atoms with Gasteiger partial charge in [0.05, 0.1) is 24.2 Å². The van der Waals surface area contributed by atoms with Gasteiger partial charge < -0.3 is 19.0 Å². The molecule has 148 valence electrons. The summed E-state index contributed by atoms with van der Waals surface area (Å²) in [7, 11) is 3.86. The fraction of sp³-hybridized carbons (Fsp3) is 0.292. The second-order valence-corrected chi connectivity index (χ2v) is 7.91. The van der Waals surface area contributed by atoms with Crippen molar-refractivity contribution >= 4 is 39.0 Å². The van der Waals surface area contributed by atoms with Crippen LogP contribution in [0, 0.1) is 20.8 Å². The number of benzene rings is 2. The summed E-state index contributed by atoms with van der Waals surface area (Å²) in [6.07, 6.45) is 2.00. The first kappa shape index (κ1) is 17.9.